The van der Waals surface area contributed by atoms with Gasteiger partial charge < -0.3 is 40.4 Å². The van der Waals surface area contributed by atoms with Crippen LogP contribution in [0.2, 0.25) is 10.0 Å². The van der Waals surface area contributed by atoms with Crippen molar-refractivity contribution in [2.24, 2.45) is 5.92 Å². The molecule has 7 aliphatic heterocycles. The van der Waals surface area contributed by atoms with E-state index in [9.17, 15) is 24.0 Å². The molecule has 0 aliphatic carbocycles. The molecular weight excluding hydrogens is 827 g/mol. The van der Waals surface area contributed by atoms with Crippen LogP contribution < -0.4 is 16.0 Å². The van der Waals surface area contributed by atoms with Gasteiger partial charge in [0, 0.05) is 32.4 Å². The number of fused-ring (bicyclic) bond motifs is 3. The number of piperazine rings is 4. The Bertz CT molecular complexity index is 2280. The molecule has 0 saturated carbocycles. The van der Waals surface area contributed by atoms with Crippen LogP contribution in [0.5, 0.6) is 0 Å². The monoisotopic (exact) mass is 874 g/mol. The molecule has 3 N–H and O–H groups in total. The zero-order chi connectivity index (χ0) is 43.3. The van der Waals surface area contributed by atoms with Crippen LogP contribution in [0.25, 0.3) is 0 Å². The Morgan fingerprint density at radius 2 is 1.31 bits per heavy atom. The van der Waals surface area contributed by atoms with Crippen LogP contribution in [-0.2, 0) is 51.3 Å². The topological polar surface area (TPSA) is 189 Å². The number of carbonyl (C=O) groups is 8. The van der Waals surface area contributed by atoms with Crippen LogP contribution in [0.15, 0.2) is 48.5 Å². The molecule has 18 heteroatoms. The molecule has 8 amide bonds. The van der Waals surface area contributed by atoms with Crippen molar-refractivity contribution in [2.45, 2.75) is 113 Å². The number of hydrogen-bond acceptors (Lipinski definition) is 8. The second-order valence-corrected chi connectivity index (χ2v) is 19.0. The van der Waals surface area contributed by atoms with E-state index in [4.69, 9.17) is 23.2 Å². The maximum absolute atomic E-state index is 15.5. The van der Waals surface area contributed by atoms with E-state index in [2.05, 4.69) is 16.0 Å². The highest BCUT2D eigenvalue weighted by atomic mass is 35.5. The average Bonchev–Trinajstić information content (AvgIpc) is 3.96. The SMILES string of the molecule is CC[C@@H]1NC(=O)[C@@]2(C[C@H]3C(=O)N(CC(C)C)[C@]4(C[C@H]5C(=O)N(Cc6ccc(Cl)c(Cl)c6)[C@]6(C[C@@H]7C(=O)N[C@@H](CCc8ccccc8)C(=O)N7C6)C(=O)N5C4)C(=O)N3C2)NC1=O. The fourth-order valence-corrected chi connectivity index (χ4v) is 11.2. The van der Waals surface area contributed by atoms with Crippen molar-refractivity contribution in [3.8, 4) is 0 Å². The Morgan fingerprint density at radius 1 is 0.672 bits per heavy atom. The Morgan fingerprint density at radius 3 is 2.00 bits per heavy atom. The van der Waals surface area contributed by atoms with Crippen LogP contribution in [-0.4, -0.2) is 145 Å². The van der Waals surface area contributed by atoms with Gasteiger partial charge in [-0.25, -0.2) is 0 Å². The summed E-state index contributed by atoms with van der Waals surface area (Å²) in [5, 5.41) is 8.99. The van der Waals surface area contributed by atoms with Crippen LogP contribution in [0.4, 0.5) is 0 Å². The summed E-state index contributed by atoms with van der Waals surface area (Å²) in [6, 6.07) is 9.53. The molecule has 2 aromatic carbocycles. The van der Waals surface area contributed by atoms with Crippen LogP contribution in [0.1, 0.15) is 64.0 Å². The third-order valence-electron chi connectivity index (χ3n) is 14.0. The molecule has 0 radical (unpaired) electrons. The molecule has 3 spiro atoms. The van der Waals surface area contributed by atoms with Gasteiger partial charge in [0.2, 0.25) is 35.4 Å². The summed E-state index contributed by atoms with van der Waals surface area (Å²) in [7, 11) is 0. The van der Waals surface area contributed by atoms with E-state index in [0.29, 0.717) is 24.8 Å². The first-order valence-corrected chi connectivity index (χ1v) is 21.7. The van der Waals surface area contributed by atoms with Crippen molar-refractivity contribution in [3.63, 3.8) is 0 Å². The molecule has 0 bridgehead atoms. The van der Waals surface area contributed by atoms with E-state index >= 15 is 14.4 Å². The minimum absolute atomic E-state index is 0.119. The van der Waals surface area contributed by atoms with Gasteiger partial charge in [-0.1, -0.05) is 80.4 Å². The fraction of sp³-hybridized carbons (Fsp3) is 0.535. The third kappa shape index (κ3) is 6.29. The molecule has 0 aromatic heterocycles. The largest absolute Gasteiger partial charge is 0.342 e. The second-order valence-electron chi connectivity index (χ2n) is 18.2. The highest BCUT2D eigenvalue weighted by Gasteiger charge is 2.72. The third-order valence-corrected chi connectivity index (χ3v) is 14.7. The number of hydrogen-bond donors (Lipinski definition) is 3. The summed E-state index contributed by atoms with van der Waals surface area (Å²) >= 11 is 12.7. The van der Waals surface area contributed by atoms with Gasteiger partial charge in [-0.2, -0.15) is 0 Å². The van der Waals surface area contributed by atoms with Gasteiger partial charge in [0.1, 0.15) is 46.8 Å². The Hall–Kier alpha value is -5.22. The molecule has 8 atom stereocenters. The molecule has 7 aliphatic rings. The summed E-state index contributed by atoms with van der Waals surface area (Å²) in [5.74, 6) is -3.82. The number of nitrogens with zero attached hydrogens (tertiary/aromatic N) is 5. The lowest BCUT2D eigenvalue weighted by atomic mass is 9.84. The van der Waals surface area contributed by atoms with Crippen molar-refractivity contribution >= 4 is 70.5 Å². The van der Waals surface area contributed by atoms with Crippen LogP contribution in [0, 0.1) is 5.92 Å². The molecule has 7 fully saturated rings. The summed E-state index contributed by atoms with van der Waals surface area (Å²) in [5.41, 5.74) is -3.41. The van der Waals surface area contributed by atoms with E-state index in [0.717, 1.165) is 5.56 Å². The number of amides is 8. The molecule has 2 aromatic rings. The second kappa shape index (κ2) is 14.7. The van der Waals surface area contributed by atoms with Gasteiger partial charge in [-0.05, 0) is 48.4 Å². The van der Waals surface area contributed by atoms with Gasteiger partial charge in [-0.15, -0.1) is 0 Å². The van der Waals surface area contributed by atoms with Gasteiger partial charge >= 0.3 is 0 Å². The smallest absolute Gasteiger partial charge is 0.251 e. The molecule has 61 heavy (non-hydrogen) atoms. The van der Waals surface area contributed by atoms with Crippen molar-refractivity contribution in [2.75, 3.05) is 26.2 Å². The maximum Gasteiger partial charge on any atom is 0.251 e. The van der Waals surface area contributed by atoms with Gasteiger partial charge in [0.05, 0.1) is 29.7 Å². The van der Waals surface area contributed by atoms with E-state index in [1.54, 1.807) is 25.1 Å². The summed E-state index contributed by atoms with van der Waals surface area (Å²) in [6.45, 7) is 4.70. The Kier molecular flexibility index (Phi) is 9.92. The van der Waals surface area contributed by atoms with Crippen molar-refractivity contribution in [1.82, 2.24) is 40.4 Å². The van der Waals surface area contributed by atoms with Crippen LogP contribution in [0.3, 0.4) is 0 Å². The zero-order valence-electron chi connectivity index (χ0n) is 34.1. The summed E-state index contributed by atoms with van der Waals surface area (Å²) in [4.78, 5) is 123. The highest BCUT2D eigenvalue weighted by molar-refractivity contribution is 6.42. The predicted molar refractivity (Wildman–Crippen MR) is 219 cm³/mol. The number of nitrogens with one attached hydrogen (secondary N) is 3. The molecule has 0 unspecified atom stereocenters. The van der Waals surface area contributed by atoms with Crippen molar-refractivity contribution < 1.29 is 38.4 Å². The lowest BCUT2D eigenvalue weighted by Crippen LogP contribution is -2.72. The van der Waals surface area contributed by atoms with E-state index in [1.807, 2.05) is 44.2 Å². The van der Waals surface area contributed by atoms with Gasteiger partial charge in [0.15, 0.2) is 0 Å². The van der Waals surface area contributed by atoms with E-state index < -0.39 is 88.2 Å². The standard InChI is InChI=1S/C43H48Cl2N8O8/c1-4-28-33(54)48-41(38(59)47-28)15-31-36(57)52(18-23(2)3)43(39(60)50(31)20-41)17-32-37(58)53(19-25-10-12-26(44)27(45)14-25)42(40(61)51(32)22-43)16-30-34(55)46-29(35(56)49(30)21-42)13-11-24-8-6-5-7-9-24/h5-10,12,14,23,28-32H,4,11,13,15-22H2,1-3H3,(H,46,55)(H,47,59)(H,48,54)/t28-,29-,30+,31-,32-,41-,42-,43-/m0/s1. The minimum Gasteiger partial charge on any atom is -0.342 e. The minimum atomic E-state index is -1.72. The molecule has 322 valence electrons. The number of halogens is 2. The van der Waals surface area contributed by atoms with Gasteiger partial charge in [0.25, 0.3) is 11.8 Å². The van der Waals surface area contributed by atoms with Crippen molar-refractivity contribution in [1.29, 1.82) is 0 Å². The zero-order valence-corrected chi connectivity index (χ0v) is 35.6. The number of carbonyl (C=O) groups excluding carboxylic acids is 8. The normalized spacial score (nSPS) is 33.3. The number of rotatable bonds is 8. The lowest BCUT2D eigenvalue weighted by Gasteiger charge is -2.49. The molecule has 16 nitrogen and oxygen atoms in total. The predicted octanol–water partition coefficient (Wildman–Crippen LogP) is 1.01. The molecule has 7 heterocycles. The average molecular weight is 876 g/mol. The van der Waals surface area contributed by atoms with Gasteiger partial charge in [-0.3, -0.25) is 38.4 Å². The Labute approximate surface area is 362 Å². The molecule has 7 saturated heterocycles. The maximum atomic E-state index is 15.5. The highest BCUT2D eigenvalue weighted by Crippen LogP contribution is 2.49. The molecule has 9 rings (SSSR count). The van der Waals surface area contributed by atoms with Crippen LogP contribution >= 0.6 is 23.2 Å². The lowest BCUT2D eigenvalue weighted by molar-refractivity contribution is -0.170. The summed E-state index contributed by atoms with van der Waals surface area (Å²) in [6.07, 6.45) is 0.677. The van der Waals surface area contributed by atoms with E-state index in [-0.39, 0.29) is 73.9 Å². The first-order chi connectivity index (χ1) is 29.0. The number of benzene rings is 2. The first-order valence-electron chi connectivity index (χ1n) is 21.0. The number of aryl methyl sites for hydroxylation is 1. The van der Waals surface area contributed by atoms with E-state index in [1.165, 1.54) is 24.5 Å². The summed E-state index contributed by atoms with van der Waals surface area (Å²) < 4.78 is 0. The van der Waals surface area contributed by atoms with Crippen molar-refractivity contribution in [3.05, 3.63) is 69.7 Å². The quantitative estimate of drug-likeness (QED) is 0.351. The Balaban J connectivity index is 1.07. The fourth-order valence-electron chi connectivity index (χ4n) is 10.9. The first kappa shape index (κ1) is 41.1. The molecular formula is C43H48Cl2N8O8.